The lowest BCUT2D eigenvalue weighted by Gasteiger charge is -2.19. The van der Waals surface area contributed by atoms with E-state index in [0.29, 0.717) is 29.7 Å². The Morgan fingerprint density at radius 2 is 2.17 bits per heavy atom. The van der Waals surface area contributed by atoms with E-state index in [1.807, 2.05) is 20.8 Å². The monoisotopic (exact) mass is 248 g/mol. The van der Waals surface area contributed by atoms with Gasteiger partial charge in [0.2, 0.25) is 5.82 Å². The molecule has 0 fully saturated rings. The van der Waals surface area contributed by atoms with Crippen molar-refractivity contribution in [2.45, 2.75) is 26.4 Å². The van der Waals surface area contributed by atoms with E-state index in [1.165, 1.54) is 0 Å². The Labute approximate surface area is 105 Å². The second-order valence-electron chi connectivity index (χ2n) is 4.34. The molecule has 2 rings (SSSR count). The maximum atomic E-state index is 5.57. The van der Waals surface area contributed by atoms with Crippen molar-refractivity contribution in [1.82, 2.24) is 15.1 Å². The summed E-state index contributed by atoms with van der Waals surface area (Å²) in [6, 6.07) is 3.47. The lowest BCUT2D eigenvalue weighted by Crippen LogP contribution is -2.23. The largest absolute Gasteiger partial charge is 0.397 e. The van der Waals surface area contributed by atoms with Gasteiger partial charge in [0.15, 0.2) is 0 Å². The number of nitrogens with zero attached hydrogens (tertiary/aromatic N) is 3. The van der Waals surface area contributed by atoms with Gasteiger partial charge in [-0.2, -0.15) is 4.98 Å². The van der Waals surface area contributed by atoms with Crippen LogP contribution in [0.1, 0.15) is 26.6 Å². The number of hydrogen-bond donors (Lipinski definition) is 1. The minimum Gasteiger partial charge on any atom is -0.397 e. The van der Waals surface area contributed by atoms with Crippen LogP contribution in [0.3, 0.4) is 0 Å². The Balaban J connectivity index is 2.28. The molecule has 0 bridgehead atoms. The highest BCUT2D eigenvalue weighted by atomic mass is 16.5. The molecule has 6 nitrogen and oxygen atoms in total. The highest BCUT2D eigenvalue weighted by Crippen LogP contribution is 2.24. The molecular weight excluding hydrogens is 232 g/mol. The van der Waals surface area contributed by atoms with E-state index in [9.17, 15) is 0 Å². The first kappa shape index (κ1) is 12.5. The Morgan fingerprint density at radius 3 is 2.78 bits per heavy atom. The van der Waals surface area contributed by atoms with Crippen LogP contribution >= 0.6 is 0 Å². The van der Waals surface area contributed by atoms with E-state index < -0.39 is 5.60 Å². The van der Waals surface area contributed by atoms with Crippen LogP contribution in [0.4, 0.5) is 5.69 Å². The smallest absolute Gasteiger partial charge is 0.276 e. The molecule has 0 atom stereocenters. The summed E-state index contributed by atoms with van der Waals surface area (Å²) in [5, 5.41) is 3.92. The Hall–Kier alpha value is -1.95. The summed E-state index contributed by atoms with van der Waals surface area (Å²) < 4.78 is 10.7. The normalized spacial score (nSPS) is 11.7. The molecule has 0 aliphatic heterocycles. The van der Waals surface area contributed by atoms with Crippen LogP contribution in [-0.2, 0) is 10.3 Å². The highest BCUT2D eigenvalue weighted by Gasteiger charge is 2.27. The van der Waals surface area contributed by atoms with Crippen molar-refractivity contribution in [3.05, 3.63) is 24.2 Å². The van der Waals surface area contributed by atoms with Gasteiger partial charge in [-0.3, -0.25) is 0 Å². The van der Waals surface area contributed by atoms with Gasteiger partial charge in [0.1, 0.15) is 11.3 Å². The SMILES string of the molecule is CCOC(C)(C)c1noc(-c2ccc(N)cn2)n1. The maximum absolute atomic E-state index is 5.57. The molecule has 96 valence electrons. The molecule has 0 aliphatic rings. The van der Waals surface area contributed by atoms with E-state index >= 15 is 0 Å². The standard InChI is InChI=1S/C12H16N4O2/c1-4-17-12(2,3)11-15-10(18-16-11)9-6-5-8(13)7-14-9/h5-7H,4,13H2,1-3H3. The van der Waals surface area contributed by atoms with Crippen molar-refractivity contribution in [3.63, 3.8) is 0 Å². The summed E-state index contributed by atoms with van der Waals surface area (Å²) in [6.07, 6.45) is 1.55. The minimum atomic E-state index is -0.579. The molecule has 0 saturated carbocycles. The summed E-state index contributed by atoms with van der Waals surface area (Å²) in [6.45, 7) is 6.28. The van der Waals surface area contributed by atoms with Gasteiger partial charge in [-0.1, -0.05) is 5.16 Å². The predicted molar refractivity (Wildman–Crippen MR) is 66.6 cm³/mol. The van der Waals surface area contributed by atoms with Crippen molar-refractivity contribution >= 4 is 5.69 Å². The van der Waals surface area contributed by atoms with Crippen molar-refractivity contribution < 1.29 is 9.26 Å². The number of nitrogens with two attached hydrogens (primary N) is 1. The molecule has 2 aromatic heterocycles. The molecule has 0 amide bonds. The zero-order chi connectivity index (χ0) is 13.2. The van der Waals surface area contributed by atoms with Gasteiger partial charge in [-0.25, -0.2) is 4.98 Å². The number of rotatable bonds is 4. The summed E-state index contributed by atoms with van der Waals surface area (Å²) in [4.78, 5) is 8.42. The van der Waals surface area contributed by atoms with Gasteiger partial charge < -0.3 is 15.0 Å². The van der Waals surface area contributed by atoms with Gasteiger partial charge in [0.05, 0.1) is 11.9 Å². The first-order chi connectivity index (χ1) is 8.53. The van der Waals surface area contributed by atoms with Crippen molar-refractivity contribution in [1.29, 1.82) is 0 Å². The average Bonchev–Trinajstić information content (AvgIpc) is 2.80. The predicted octanol–water partition coefficient (Wildman–Crippen LogP) is 1.99. The summed E-state index contributed by atoms with van der Waals surface area (Å²) >= 11 is 0. The van der Waals surface area contributed by atoms with Crippen molar-refractivity contribution in [3.8, 4) is 11.6 Å². The van der Waals surface area contributed by atoms with Gasteiger partial charge in [-0.05, 0) is 32.9 Å². The molecule has 6 heteroatoms. The van der Waals surface area contributed by atoms with Crippen molar-refractivity contribution in [2.75, 3.05) is 12.3 Å². The quantitative estimate of drug-likeness (QED) is 0.890. The maximum Gasteiger partial charge on any atom is 0.276 e. The van der Waals surface area contributed by atoms with E-state index in [2.05, 4.69) is 15.1 Å². The van der Waals surface area contributed by atoms with Crippen LogP contribution in [-0.4, -0.2) is 21.7 Å². The summed E-state index contributed by atoms with van der Waals surface area (Å²) in [5.74, 6) is 0.857. The highest BCUT2D eigenvalue weighted by molar-refractivity contribution is 5.50. The van der Waals surface area contributed by atoms with Gasteiger partial charge in [-0.15, -0.1) is 0 Å². The second-order valence-corrected chi connectivity index (χ2v) is 4.34. The molecular formula is C12H16N4O2. The molecule has 2 heterocycles. The summed E-state index contributed by atoms with van der Waals surface area (Å²) in [5.41, 5.74) is 6.17. The number of ether oxygens (including phenoxy) is 1. The molecule has 18 heavy (non-hydrogen) atoms. The fraction of sp³-hybridized carbons (Fsp3) is 0.417. The fourth-order valence-corrected chi connectivity index (χ4v) is 1.53. The number of aromatic nitrogens is 3. The van der Waals surface area contributed by atoms with Crippen LogP contribution in [0, 0.1) is 0 Å². The van der Waals surface area contributed by atoms with E-state index in [0.717, 1.165) is 0 Å². The number of anilines is 1. The lowest BCUT2D eigenvalue weighted by atomic mass is 10.1. The number of pyridine rings is 1. The minimum absolute atomic E-state index is 0.359. The zero-order valence-corrected chi connectivity index (χ0v) is 10.7. The molecule has 2 N–H and O–H groups in total. The third kappa shape index (κ3) is 2.48. The molecule has 0 saturated heterocycles. The zero-order valence-electron chi connectivity index (χ0n) is 10.7. The van der Waals surface area contributed by atoms with E-state index in [4.69, 9.17) is 15.0 Å². The fourth-order valence-electron chi connectivity index (χ4n) is 1.53. The first-order valence-corrected chi connectivity index (χ1v) is 5.73. The van der Waals surface area contributed by atoms with Gasteiger partial charge in [0.25, 0.3) is 5.89 Å². The lowest BCUT2D eigenvalue weighted by molar-refractivity contribution is -0.0221. The average molecular weight is 248 g/mol. The van der Waals surface area contributed by atoms with Gasteiger partial charge in [0, 0.05) is 6.61 Å². The van der Waals surface area contributed by atoms with E-state index in [1.54, 1.807) is 18.3 Å². The molecule has 0 aromatic carbocycles. The Bertz CT molecular complexity index is 519. The molecule has 0 aliphatic carbocycles. The second kappa shape index (κ2) is 4.73. The third-order valence-electron chi connectivity index (χ3n) is 2.48. The Morgan fingerprint density at radius 1 is 1.39 bits per heavy atom. The van der Waals surface area contributed by atoms with Crippen LogP contribution in [0.5, 0.6) is 0 Å². The van der Waals surface area contributed by atoms with Gasteiger partial charge >= 0.3 is 0 Å². The first-order valence-electron chi connectivity index (χ1n) is 5.73. The number of hydrogen-bond acceptors (Lipinski definition) is 6. The Kier molecular flexibility index (Phi) is 3.29. The van der Waals surface area contributed by atoms with Crippen LogP contribution in [0.2, 0.25) is 0 Å². The van der Waals surface area contributed by atoms with Crippen LogP contribution < -0.4 is 5.73 Å². The molecule has 2 aromatic rings. The summed E-state index contributed by atoms with van der Waals surface area (Å²) in [7, 11) is 0. The van der Waals surface area contributed by atoms with Crippen LogP contribution in [0.25, 0.3) is 11.6 Å². The molecule has 0 spiro atoms. The van der Waals surface area contributed by atoms with E-state index in [-0.39, 0.29) is 0 Å². The van der Waals surface area contributed by atoms with Crippen LogP contribution in [0.15, 0.2) is 22.9 Å². The molecule has 0 radical (unpaired) electrons. The number of nitrogen functional groups attached to an aromatic ring is 1. The van der Waals surface area contributed by atoms with Crippen molar-refractivity contribution in [2.24, 2.45) is 0 Å². The molecule has 0 unspecified atom stereocenters. The third-order valence-corrected chi connectivity index (χ3v) is 2.48. The topological polar surface area (TPSA) is 87.1 Å².